The Labute approximate surface area is 231 Å². The maximum atomic E-state index is 13.4. The van der Waals surface area contributed by atoms with Crippen LogP contribution in [0.3, 0.4) is 0 Å². The van der Waals surface area contributed by atoms with Crippen molar-refractivity contribution in [1.82, 2.24) is 10.2 Å². The molecule has 6 rings (SSSR count). The van der Waals surface area contributed by atoms with Gasteiger partial charge in [0.1, 0.15) is 23.7 Å². The molecule has 0 bridgehead atoms. The number of hydrogen-bond donors (Lipinski definition) is 1. The van der Waals surface area contributed by atoms with Gasteiger partial charge in [-0.1, -0.05) is 59.0 Å². The summed E-state index contributed by atoms with van der Waals surface area (Å²) < 4.78 is 6.47. The molecule has 2 aliphatic heterocycles. The number of carbonyl (C=O) groups is 2. The normalized spacial score (nSPS) is 20.1. The summed E-state index contributed by atoms with van der Waals surface area (Å²) in [7, 11) is 0. The monoisotopic (exact) mass is 561 g/mol. The molecule has 1 saturated heterocycles. The molecule has 0 radical (unpaired) electrons. The summed E-state index contributed by atoms with van der Waals surface area (Å²) in [4.78, 5) is 28.8. The zero-order valence-corrected chi connectivity index (χ0v) is 23.0. The molecule has 4 heterocycles. The second kappa shape index (κ2) is 10.0. The molecule has 0 saturated carbocycles. The first-order chi connectivity index (χ1) is 18.4. The predicted octanol–water partition coefficient (Wildman–Crippen LogP) is 6.15. The Balaban J connectivity index is 1.35. The first-order valence-corrected chi connectivity index (χ1v) is 14.7. The SMILES string of the molecule is Cc1ccc(CSc2nnc(N3C(=O)C(=O)/C(=C(/O)c4ccc5c(c4)CC(C)O5)C3c3cccs3)s2)cc1. The van der Waals surface area contributed by atoms with Crippen molar-refractivity contribution in [2.75, 3.05) is 4.90 Å². The third-order valence-corrected chi connectivity index (χ3v) is 9.56. The van der Waals surface area contributed by atoms with E-state index in [0.29, 0.717) is 27.2 Å². The molecule has 1 amide bonds. The number of anilines is 1. The van der Waals surface area contributed by atoms with Gasteiger partial charge in [-0.25, -0.2) is 0 Å². The summed E-state index contributed by atoms with van der Waals surface area (Å²) in [6.45, 7) is 4.03. The van der Waals surface area contributed by atoms with Crippen LogP contribution in [0.1, 0.15) is 40.1 Å². The fourth-order valence-electron chi connectivity index (χ4n) is 4.66. The minimum absolute atomic E-state index is 0.0495. The van der Waals surface area contributed by atoms with E-state index in [2.05, 4.69) is 34.5 Å². The Bertz CT molecular complexity index is 1560. The van der Waals surface area contributed by atoms with Gasteiger partial charge in [0.25, 0.3) is 5.78 Å². The van der Waals surface area contributed by atoms with Crippen molar-refractivity contribution in [3.05, 3.63) is 92.7 Å². The number of aryl methyl sites for hydroxylation is 1. The average Bonchev–Trinajstić information content (AvgIpc) is 3.70. The first kappa shape index (κ1) is 24.8. The highest BCUT2D eigenvalue weighted by atomic mass is 32.2. The summed E-state index contributed by atoms with van der Waals surface area (Å²) in [5, 5.41) is 22.1. The summed E-state index contributed by atoms with van der Waals surface area (Å²) in [6, 6.07) is 16.6. The molecule has 4 aromatic rings. The van der Waals surface area contributed by atoms with Crippen molar-refractivity contribution in [2.24, 2.45) is 0 Å². The molecule has 7 nitrogen and oxygen atoms in total. The predicted molar refractivity (Wildman–Crippen MR) is 150 cm³/mol. The number of rotatable bonds is 6. The Kier molecular flexibility index (Phi) is 6.55. The second-order valence-corrected chi connectivity index (χ2v) is 12.4. The van der Waals surface area contributed by atoms with E-state index < -0.39 is 17.7 Å². The van der Waals surface area contributed by atoms with Crippen LogP contribution >= 0.6 is 34.4 Å². The zero-order chi connectivity index (χ0) is 26.4. The number of aliphatic hydroxyl groups is 1. The van der Waals surface area contributed by atoms with Crippen LogP contribution in [-0.4, -0.2) is 33.1 Å². The van der Waals surface area contributed by atoms with Crippen LogP contribution in [-0.2, 0) is 21.8 Å². The maximum Gasteiger partial charge on any atom is 0.301 e. The van der Waals surface area contributed by atoms with Crippen LogP contribution < -0.4 is 9.64 Å². The van der Waals surface area contributed by atoms with E-state index >= 15 is 0 Å². The lowest BCUT2D eigenvalue weighted by Crippen LogP contribution is -2.29. The molecular weight excluding hydrogens is 539 g/mol. The highest BCUT2D eigenvalue weighted by molar-refractivity contribution is 8.00. The molecule has 192 valence electrons. The molecule has 2 aromatic carbocycles. The maximum absolute atomic E-state index is 13.4. The standard InChI is InChI=1S/C28H23N3O4S3/c1-15-5-7-17(8-6-15)14-37-28-30-29-27(38-28)31-23(21-4-3-11-36-21)22(25(33)26(31)34)24(32)18-9-10-20-19(13-18)12-16(2)35-20/h3-11,13,16,23,32H,12,14H2,1-2H3/b24-22+. The van der Waals surface area contributed by atoms with Crippen LogP contribution in [0.15, 0.2) is 69.9 Å². The number of thiophene rings is 1. The number of benzene rings is 2. The molecule has 38 heavy (non-hydrogen) atoms. The molecule has 2 aliphatic rings. The number of hydrogen-bond acceptors (Lipinski definition) is 9. The van der Waals surface area contributed by atoms with Gasteiger partial charge >= 0.3 is 5.91 Å². The highest BCUT2D eigenvalue weighted by Gasteiger charge is 2.49. The molecule has 0 spiro atoms. The summed E-state index contributed by atoms with van der Waals surface area (Å²) in [5.74, 6) is -0.189. The minimum atomic E-state index is -0.790. The number of Topliss-reactive ketones (excluding diaryl/α,β-unsaturated/α-hetero) is 1. The number of fused-ring (bicyclic) bond motifs is 1. The van der Waals surface area contributed by atoms with Crippen molar-refractivity contribution >= 4 is 57.0 Å². The van der Waals surface area contributed by atoms with Gasteiger partial charge in [-0.2, -0.15) is 0 Å². The van der Waals surface area contributed by atoms with Crippen LogP contribution in [0.4, 0.5) is 5.13 Å². The van der Waals surface area contributed by atoms with Gasteiger partial charge in [-0.05, 0) is 54.6 Å². The van der Waals surface area contributed by atoms with E-state index in [1.165, 1.54) is 44.9 Å². The second-order valence-electron chi connectivity index (χ2n) is 9.26. The van der Waals surface area contributed by atoms with Gasteiger partial charge in [0.15, 0.2) is 4.34 Å². The van der Waals surface area contributed by atoms with Crippen LogP contribution in [0, 0.1) is 6.92 Å². The number of amides is 1. The number of nitrogens with zero attached hydrogens (tertiary/aromatic N) is 3. The van der Waals surface area contributed by atoms with Gasteiger partial charge in [-0.3, -0.25) is 14.5 Å². The summed E-state index contributed by atoms with van der Waals surface area (Å²) >= 11 is 4.20. The minimum Gasteiger partial charge on any atom is -0.507 e. The lowest BCUT2D eigenvalue weighted by molar-refractivity contribution is -0.132. The number of aromatic nitrogens is 2. The van der Waals surface area contributed by atoms with Crippen molar-refractivity contribution in [3.8, 4) is 5.75 Å². The largest absolute Gasteiger partial charge is 0.507 e. The molecule has 1 fully saturated rings. The number of ketones is 1. The molecule has 2 unspecified atom stereocenters. The van der Waals surface area contributed by atoms with Crippen molar-refractivity contribution in [1.29, 1.82) is 0 Å². The highest BCUT2D eigenvalue weighted by Crippen LogP contribution is 2.45. The van der Waals surface area contributed by atoms with Gasteiger partial charge in [0.05, 0.1) is 5.57 Å². The number of thioether (sulfide) groups is 1. The Morgan fingerprint density at radius 2 is 1.97 bits per heavy atom. The van der Waals surface area contributed by atoms with E-state index in [1.54, 1.807) is 12.1 Å². The molecule has 2 aromatic heterocycles. The van der Waals surface area contributed by atoms with Crippen molar-refractivity contribution in [3.63, 3.8) is 0 Å². The number of aliphatic hydroxyl groups excluding tert-OH is 1. The molecule has 0 aliphatic carbocycles. The summed E-state index contributed by atoms with van der Waals surface area (Å²) in [6.07, 6.45) is 0.766. The van der Waals surface area contributed by atoms with E-state index in [-0.39, 0.29) is 17.4 Å². The fraction of sp³-hybridized carbons (Fsp3) is 0.214. The quantitative estimate of drug-likeness (QED) is 0.0992. The Morgan fingerprint density at radius 1 is 1.16 bits per heavy atom. The van der Waals surface area contributed by atoms with E-state index in [0.717, 1.165) is 21.8 Å². The molecule has 1 N–H and O–H groups in total. The van der Waals surface area contributed by atoms with Crippen LogP contribution in [0.25, 0.3) is 5.76 Å². The lowest BCUT2D eigenvalue weighted by Gasteiger charge is -2.21. The van der Waals surface area contributed by atoms with Crippen molar-refractivity contribution in [2.45, 2.75) is 42.5 Å². The van der Waals surface area contributed by atoms with E-state index in [4.69, 9.17) is 4.74 Å². The third kappa shape index (κ3) is 4.53. The first-order valence-electron chi connectivity index (χ1n) is 12.0. The Hall–Kier alpha value is -3.47. The average molecular weight is 562 g/mol. The molecular formula is C28H23N3O4S3. The topological polar surface area (TPSA) is 92.6 Å². The number of ether oxygens (including phenoxy) is 1. The summed E-state index contributed by atoms with van der Waals surface area (Å²) in [5.41, 5.74) is 3.85. The van der Waals surface area contributed by atoms with Gasteiger partial charge < -0.3 is 9.84 Å². The van der Waals surface area contributed by atoms with Crippen molar-refractivity contribution < 1.29 is 19.4 Å². The molecule has 2 atom stereocenters. The smallest absolute Gasteiger partial charge is 0.301 e. The van der Waals surface area contributed by atoms with Crippen LogP contribution in [0.5, 0.6) is 5.75 Å². The van der Waals surface area contributed by atoms with Gasteiger partial charge in [-0.15, -0.1) is 21.5 Å². The van der Waals surface area contributed by atoms with E-state index in [9.17, 15) is 14.7 Å². The fourth-order valence-corrected chi connectivity index (χ4v) is 7.31. The Morgan fingerprint density at radius 3 is 2.74 bits per heavy atom. The van der Waals surface area contributed by atoms with Crippen LogP contribution in [0.2, 0.25) is 0 Å². The lowest BCUT2D eigenvalue weighted by atomic mass is 9.98. The van der Waals surface area contributed by atoms with E-state index in [1.807, 2.05) is 37.4 Å². The van der Waals surface area contributed by atoms with Gasteiger partial charge in [0.2, 0.25) is 5.13 Å². The zero-order valence-electron chi connectivity index (χ0n) is 20.6. The third-order valence-electron chi connectivity index (χ3n) is 6.51. The number of carbonyl (C=O) groups excluding carboxylic acids is 2. The van der Waals surface area contributed by atoms with Gasteiger partial charge in [0, 0.05) is 22.6 Å². The molecule has 10 heteroatoms.